The Morgan fingerprint density at radius 2 is 1.92 bits per heavy atom. The third kappa shape index (κ3) is 5.20. The summed E-state index contributed by atoms with van der Waals surface area (Å²) in [5.41, 5.74) is 6.88. The first-order chi connectivity index (χ1) is 11.5. The number of anilines is 1. The Labute approximate surface area is 145 Å². The highest BCUT2D eigenvalue weighted by Crippen LogP contribution is 2.16. The van der Waals surface area contributed by atoms with E-state index < -0.39 is 17.8 Å². The minimum Gasteiger partial charge on any atom is -0.478 e. The number of thiocarbonyl (C=S) groups is 1. The molecule has 0 heterocycles. The second-order valence-corrected chi connectivity index (χ2v) is 5.54. The molecule has 0 fully saturated rings. The average Bonchev–Trinajstić information content (AvgIpc) is 2.54. The van der Waals surface area contributed by atoms with E-state index in [1.54, 1.807) is 12.1 Å². The third-order valence-electron chi connectivity index (χ3n) is 3.08. The predicted octanol–water partition coefficient (Wildman–Crippen LogP) is 2.92. The molecule has 126 valence electrons. The predicted molar refractivity (Wildman–Crippen MR) is 95.2 cm³/mol. The van der Waals surface area contributed by atoms with E-state index >= 15 is 0 Å². The van der Waals surface area contributed by atoms with Crippen LogP contribution in [-0.4, -0.2) is 17.1 Å². The Balaban J connectivity index is 1.81. The van der Waals surface area contributed by atoms with Gasteiger partial charge in [0.2, 0.25) is 0 Å². The molecular formula is C17H18FN3O2S. The zero-order chi connectivity index (χ0) is 17.5. The monoisotopic (exact) mass is 347 g/mol. The lowest BCUT2D eigenvalue weighted by Crippen LogP contribution is -2.48. The molecule has 0 bridgehead atoms. The number of hydrogen-bond donors (Lipinski definition) is 3. The number of hydrogen-bond acceptors (Lipinski definition) is 3. The summed E-state index contributed by atoms with van der Waals surface area (Å²) in [6.45, 7) is 3.48. The van der Waals surface area contributed by atoms with E-state index in [1.807, 2.05) is 31.2 Å². The SMILES string of the molecule is Cc1cccc(NC(=S)NNC(=O)[C@@H](C)Oc2ccccc2F)c1. The van der Waals surface area contributed by atoms with Crippen molar-refractivity contribution in [3.63, 3.8) is 0 Å². The molecule has 0 radical (unpaired) electrons. The van der Waals surface area contributed by atoms with E-state index in [-0.39, 0.29) is 10.9 Å². The molecule has 24 heavy (non-hydrogen) atoms. The van der Waals surface area contributed by atoms with Crippen LogP contribution >= 0.6 is 12.2 Å². The van der Waals surface area contributed by atoms with Crippen molar-refractivity contribution >= 4 is 28.9 Å². The van der Waals surface area contributed by atoms with Gasteiger partial charge in [0.15, 0.2) is 22.8 Å². The van der Waals surface area contributed by atoms with Crippen LogP contribution in [0.4, 0.5) is 10.1 Å². The summed E-state index contributed by atoms with van der Waals surface area (Å²) >= 11 is 5.10. The molecule has 0 aromatic heterocycles. The summed E-state index contributed by atoms with van der Waals surface area (Å²) in [5.74, 6) is -0.992. The standard InChI is InChI=1S/C17H18FN3O2S/c1-11-6-5-7-13(10-11)19-17(24)21-20-16(22)12(2)23-15-9-4-3-8-14(15)18/h3-10,12H,1-2H3,(H,20,22)(H2,19,21,24)/t12-/m1/s1. The molecule has 0 saturated carbocycles. The maximum atomic E-state index is 13.5. The largest absolute Gasteiger partial charge is 0.478 e. The molecule has 1 amide bonds. The molecule has 5 nitrogen and oxygen atoms in total. The highest BCUT2D eigenvalue weighted by molar-refractivity contribution is 7.80. The van der Waals surface area contributed by atoms with Gasteiger partial charge in [0.05, 0.1) is 0 Å². The van der Waals surface area contributed by atoms with Crippen LogP contribution in [0.2, 0.25) is 0 Å². The van der Waals surface area contributed by atoms with Gasteiger partial charge < -0.3 is 10.1 Å². The molecule has 0 unspecified atom stereocenters. The minimum atomic E-state index is -0.892. The van der Waals surface area contributed by atoms with Crippen LogP contribution in [0.5, 0.6) is 5.75 Å². The molecule has 3 N–H and O–H groups in total. The number of para-hydroxylation sites is 1. The van der Waals surface area contributed by atoms with Gasteiger partial charge >= 0.3 is 0 Å². The Morgan fingerprint density at radius 1 is 1.17 bits per heavy atom. The second-order valence-electron chi connectivity index (χ2n) is 5.13. The number of halogens is 1. The van der Waals surface area contributed by atoms with Crippen LogP contribution in [-0.2, 0) is 4.79 Å². The van der Waals surface area contributed by atoms with E-state index in [0.717, 1.165) is 11.3 Å². The molecule has 0 saturated heterocycles. The maximum Gasteiger partial charge on any atom is 0.279 e. The Bertz CT molecular complexity index is 739. The maximum absolute atomic E-state index is 13.5. The van der Waals surface area contributed by atoms with E-state index in [4.69, 9.17) is 17.0 Å². The lowest BCUT2D eigenvalue weighted by atomic mass is 10.2. The number of carbonyl (C=O) groups is 1. The highest BCUT2D eigenvalue weighted by atomic mass is 32.1. The first-order valence-corrected chi connectivity index (χ1v) is 7.71. The van der Waals surface area contributed by atoms with Crippen LogP contribution in [0.3, 0.4) is 0 Å². The molecule has 0 spiro atoms. The highest BCUT2D eigenvalue weighted by Gasteiger charge is 2.16. The lowest BCUT2D eigenvalue weighted by molar-refractivity contribution is -0.127. The van der Waals surface area contributed by atoms with E-state index in [1.165, 1.54) is 19.1 Å². The number of hydrazine groups is 1. The van der Waals surface area contributed by atoms with Crippen molar-refractivity contribution in [2.75, 3.05) is 5.32 Å². The fourth-order valence-corrected chi connectivity index (χ4v) is 2.06. The molecule has 2 aromatic rings. The summed E-state index contributed by atoms with van der Waals surface area (Å²) in [6.07, 6.45) is -0.892. The molecule has 2 aromatic carbocycles. The first kappa shape index (κ1) is 17.7. The van der Waals surface area contributed by atoms with Crippen LogP contribution < -0.4 is 20.9 Å². The number of nitrogens with one attached hydrogen (secondary N) is 3. The van der Waals surface area contributed by atoms with Crippen molar-refractivity contribution in [1.29, 1.82) is 0 Å². The molecule has 2 rings (SSSR count). The average molecular weight is 347 g/mol. The van der Waals surface area contributed by atoms with Crippen molar-refractivity contribution in [1.82, 2.24) is 10.9 Å². The van der Waals surface area contributed by atoms with Crippen LogP contribution in [0, 0.1) is 12.7 Å². The van der Waals surface area contributed by atoms with Crippen molar-refractivity contribution in [2.45, 2.75) is 20.0 Å². The number of amides is 1. The number of rotatable bonds is 4. The van der Waals surface area contributed by atoms with Gasteiger partial charge in [0.1, 0.15) is 0 Å². The van der Waals surface area contributed by atoms with E-state index in [9.17, 15) is 9.18 Å². The zero-order valence-corrected chi connectivity index (χ0v) is 14.1. The Morgan fingerprint density at radius 3 is 2.62 bits per heavy atom. The van der Waals surface area contributed by atoms with Crippen molar-refractivity contribution in [2.24, 2.45) is 0 Å². The summed E-state index contributed by atoms with van der Waals surface area (Å²) < 4.78 is 18.8. The Hall–Kier alpha value is -2.67. The van der Waals surface area contributed by atoms with Crippen molar-refractivity contribution in [3.05, 3.63) is 59.9 Å². The van der Waals surface area contributed by atoms with Crippen LogP contribution in [0.15, 0.2) is 48.5 Å². The molecule has 0 aliphatic heterocycles. The van der Waals surface area contributed by atoms with Gasteiger partial charge in [-0.1, -0.05) is 24.3 Å². The van der Waals surface area contributed by atoms with E-state index in [0.29, 0.717) is 0 Å². The minimum absolute atomic E-state index is 0.0145. The van der Waals surface area contributed by atoms with Crippen molar-refractivity contribution in [3.8, 4) is 5.75 Å². The number of ether oxygens (including phenoxy) is 1. The number of aryl methyl sites for hydroxylation is 1. The summed E-state index contributed by atoms with van der Waals surface area (Å²) in [6, 6.07) is 13.5. The summed E-state index contributed by atoms with van der Waals surface area (Å²) in [5, 5.41) is 3.17. The first-order valence-electron chi connectivity index (χ1n) is 7.30. The van der Waals surface area contributed by atoms with Gasteiger partial charge in [0, 0.05) is 5.69 Å². The van der Waals surface area contributed by atoms with Gasteiger partial charge in [-0.15, -0.1) is 0 Å². The fraction of sp³-hybridized carbons (Fsp3) is 0.176. The van der Waals surface area contributed by atoms with Gasteiger partial charge in [-0.25, -0.2) is 4.39 Å². The topological polar surface area (TPSA) is 62.4 Å². The van der Waals surface area contributed by atoms with E-state index in [2.05, 4.69) is 16.2 Å². The number of carbonyl (C=O) groups excluding carboxylic acids is 1. The second kappa shape index (κ2) is 8.26. The molecule has 0 aliphatic rings. The van der Waals surface area contributed by atoms with Gasteiger partial charge in [-0.05, 0) is 55.9 Å². The van der Waals surface area contributed by atoms with Crippen molar-refractivity contribution < 1.29 is 13.9 Å². The van der Waals surface area contributed by atoms with Gasteiger partial charge in [-0.2, -0.15) is 0 Å². The fourth-order valence-electron chi connectivity index (χ4n) is 1.89. The molecule has 1 atom stereocenters. The number of benzene rings is 2. The lowest BCUT2D eigenvalue weighted by Gasteiger charge is -2.17. The summed E-state index contributed by atoms with van der Waals surface area (Å²) in [4.78, 5) is 12.0. The molecule has 7 heteroatoms. The normalized spacial score (nSPS) is 11.3. The van der Waals surface area contributed by atoms with Crippen LogP contribution in [0.25, 0.3) is 0 Å². The Kier molecular flexibility index (Phi) is 6.08. The smallest absolute Gasteiger partial charge is 0.279 e. The molecular weight excluding hydrogens is 329 g/mol. The summed E-state index contributed by atoms with van der Waals surface area (Å²) in [7, 11) is 0. The third-order valence-corrected chi connectivity index (χ3v) is 3.29. The molecule has 0 aliphatic carbocycles. The van der Waals surface area contributed by atoms with Crippen LogP contribution in [0.1, 0.15) is 12.5 Å². The quantitative estimate of drug-likeness (QED) is 0.586. The van der Waals surface area contributed by atoms with Gasteiger partial charge in [0.25, 0.3) is 5.91 Å². The van der Waals surface area contributed by atoms with Gasteiger partial charge in [-0.3, -0.25) is 15.6 Å². The zero-order valence-electron chi connectivity index (χ0n) is 13.3.